The minimum Gasteiger partial charge on any atom is -0.495 e. The molecule has 1 atom stereocenters. The number of piperidine rings is 1. The Balaban J connectivity index is 2.39. The van der Waals surface area contributed by atoms with Crippen LogP contribution in [0.5, 0.6) is 5.75 Å². The summed E-state index contributed by atoms with van der Waals surface area (Å²) in [4.78, 5) is 0.0773. The molecule has 0 bridgehead atoms. The first-order valence-corrected chi connectivity index (χ1v) is 7.78. The van der Waals surface area contributed by atoms with E-state index in [4.69, 9.17) is 16.3 Å². The van der Waals surface area contributed by atoms with Crippen molar-refractivity contribution in [3.63, 3.8) is 0 Å². The zero-order valence-corrected chi connectivity index (χ0v) is 12.1. The normalized spacial score (nSPS) is 21.3. The second-order valence-corrected chi connectivity index (χ2v) is 6.80. The summed E-state index contributed by atoms with van der Waals surface area (Å²) in [6.45, 7) is 0.527. The maximum atomic E-state index is 12.5. The Morgan fingerprint density at radius 2 is 2.21 bits per heavy atom. The second-order valence-electron chi connectivity index (χ2n) is 4.45. The van der Waals surface area contributed by atoms with Gasteiger partial charge >= 0.3 is 0 Å². The summed E-state index contributed by atoms with van der Waals surface area (Å²) in [6.07, 6.45) is 0.668. The van der Waals surface area contributed by atoms with Gasteiger partial charge < -0.3 is 9.84 Å². The van der Waals surface area contributed by atoms with Crippen molar-refractivity contribution in [2.45, 2.75) is 23.8 Å². The topological polar surface area (TPSA) is 66.8 Å². The molecule has 106 valence electrons. The molecule has 1 aliphatic rings. The van der Waals surface area contributed by atoms with Crippen molar-refractivity contribution in [1.82, 2.24) is 4.31 Å². The summed E-state index contributed by atoms with van der Waals surface area (Å²) in [7, 11) is -2.27. The highest BCUT2D eigenvalue weighted by atomic mass is 35.5. The Morgan fingerprint density at radius 1 is 1.47 bits per heavy atom. The van der Waals surface area contributed by atoms with Crippen LogP contribution in [0.2, 0.25) is 5.02 Å². The van der Waals surface area contributed by atoms with Crippen LogP contribution in [0.3, 0.4) is 0 Å². The maximum absolute atomic E-state index is 12.5. The van der Waals surface area contributed by atoms with Crippen molar-refractivity contribution in [3.8, 4) is 5.75 Å². The summed E-state index contributed by atoms with van der Waals surface area (Å²) in [5.74, 6) is 0.215. The molecule has 7 heteroatoms. The van der Waals surface area contributed by atoms with E-state index in [-0.39, 0.29) is 17.2 Å². The summed E-state index contributed by atoms with van der Waals surface area (Å²) in [5.41, 5.74) is 0. The van der Waals surface area contributed by atoms with E-state index >= 15 is 0 Å². The van der Waals surface area contributed by atoms with Gasteiger partial charge in [-0.05, 0) is 25.0 Å². The van der Waals surface area contributed by atoms with Crippen molar-refractivity contribution in [3.05, 3.63) is 23.2 Å². The highest BCUT2D eigenvalue weighted by Crippen LogP contribution is 2.30. The number of β-amino-alcohol motifs (C(OH)–C–C–N with tert-alkyl or cyclic N) is 1. The lowest BCUT2D eigenvalue weighted by Crippen LogP contribution is -2.42. The van der Waals surface area contributed by atoms with E-state index in [2.05, 4.69) is 0 Å². The van der Waals surface area contributed by atoms with Crippen LogP contribution in [0.15, 0.2) is 23.1 Å². The molecule has 19 heavy (non-hydrogen) atoms. The third-order valence-electron chi connectivity index (χ3n) is 3.10. The van der Waals surface area contributed by atoms with E-state index in [0.29, 0.717) is 24.4 Å². The number of rotatable bonds is 3. The molecule has 1 aromatic rings. The van der Waals surface area contributed by atoms with Crippen molar-refractivity contribution in [2.75, 3.05) is 20.2 Å². The van der Waals surface area contributed by atoms with E-state index in [9.17, 15) is 13.5 Å². The Bertz CT molecular complexity index is 561. The summed E-state index contributed by atoms with van der Waals surface area (Å²) in [6, 6.07) is 4.41. The third-order valence-corrected chi connectivity index (χ3v) is 5.24. The highest BCUT2D eigenvalue weighted by Gasteiger charge is 2.31. The first-order valence-electron chi connectivity index (χ1n) is 5.97. The number of benzene rings is 1. The van der Waals surface area contributed by atoms with Gasteiger partial charge in [0.1, 0.15) is 10.6 Å². The Hall–Kier alpha value is -0.820. The number of aliphatic hydroxyl groups excluding tert-OH is 1. The predicted octanol–water partition coefficient (Wildman–Crippen LogP) is 1.49. The molecule has 1 heterocycles. The van der Waals surface area contributed by atoms with Crippen LogP contribution in [-0.2, 0) is 10.0 Å². The number of sulfonamides is 1. The summed E-state index contributed by atoms with van der Waals surface area (Å²) >= 11 is 5.83. The number of nitrogens with zero attached hydrogens (tertiary/aromatic N) is 1. The molecule has 1 unspecified atom stereocenters. The average molecular weight is 306 g/mol. The first kappa shape index (κ1) is 14.6. The fraction of sp³-hybridized carbons (Fsp3) is 0.500. The summed E-state index contributed by atoms with van der Waals surface area (Å²) < 4.78 is 31.4. The lowest BCUT2D eigenvalue weighted by molar-refractivity contribution is 0.108. The fourth-order valence-electron chi connectivity index (χ4n) is 2.13. The lowest BCUT2D eigenvalue weighted by atomic mass is 10.1. The van der Waals surface area contributed by atoms with Crippen molar-refractivity contribution in [2.24, 2.45) is 0 Å². The fourth-order valence-corrected chi connectivity index (χ4v) is 3.95. The minimum atomic E-state index is -3.66. The molecule has 1 aliphatic heterocycles. The zero-order valence-electron chi connectivity index (χ0n) is 10.5. The Labute approximate surface area is 117 Å². The average Bonchev–Trinajstić information content (AvgIpc) is 2.38. The van der Waals surface area contributed by atoms with Crippen LogP contribution in [-0.4, -0.2) is 44.1 Å². The minimum absolute atomic E-state index is 0.0773. The summed E-state index contributed by atoms with van der Waals surface area (Å²) in [5, 5.41) is 10.0. The smallest absolute Gasteiger partial charge is 0.246 e. The van der Waals surface area contributed by atoms with Crippen molar-refractivity contribution < 1.29 is 18.3 Å². The molecule has 2 rings (SSSR count). The van der Waals surface area contributed by atoms with Gasteiger partial charge in [-0.3, -0.25) is 0 Å². The van der Waals surface area contributed by atoms with E-state index in [0.717, 1.165) is 0 Å². The van der Waals surface area contributed by atoms with Gasteiger partial charge in [0, 0.05) is 24.2 Å². The molecule has 5 nitrogen and oxygen atoms in total. The molecule has 1 saturated heterocycles. The molecule has 1 fully saturated rings. The van der Waals surface area contributed by atoms with Gasteiger partial charge in [-0.25, -0.2) is 8.42 Å². The number of hydrogen-bond donors (Lipinski definition) is 1. The standard InChI is InChI=1S/C12H16ClNO4S/c1-18-11-7-9(13)4-5-12(11)19(16,17)14-6-2-3-10(15)8-14/h4-5,7,10,15H,2-3,6,8H2,1H3. The quantitative estimate of drug-likeness (QED) is 0.919. The second kappa shape index (κ2) is 5.66. The van der Waals surface area contributed by atoms with Crippen LogP contribution < -0.4 is 4.74 Å². The van der Waals surface area contributed by atoms with E-state index < -0.39 is 16.1 Å². The highest BCUT2D eigenvalue weighted by molar-refractivity contribution is 7.89. The lowest BCUT2D eigenvalue weighted by Gasteiger charge is -2.29. The predicted molar refractivity (Wildman–Crippen MR) is 72.0 cm³/mol. The van der Waals surface area contributed by atoms with Crippen molar-refractivity contribution >= 4 is 21.6 Å². The van der Waals surface area contributed by atoms with E-state index in [1.165, 1.54) is 29.6 Å². The van der Waals surface area contributed by atoms with Crippen LogP contribution >= 0.6 is 11.6 Å². The molecular weight excluding hydrogens is 290 g/mol. The van der Waals surface area contributed by atoms with Gasteiger partial charge in [-0.15, -0.1) is 0 Å². The van der Waals surface area contributed by atoms with Gasteiger partial charge in [0.25, 0.3) is 0 Å². The monoisotopic (exact) mass is 305 g/mol. The third kappa shape index (κ3) is 3.02. The molecule has 1 aromatic carbocycles. The number of aliphatic hydroxyl groups is 1. The molecule has 0 aromatic heterocycles. The Morgan fingerprint density at radius 3 is 2.84 bits per heavy atom. The molecule has 0 radical (unpaired) electrons. The number of halogens is 1. The number of hydrogen-bond acceptors (Lipinski definition) is 4. The van der Waals surface area contributed by atoms with Crippen LogP contribution in [0.1, 0.15) is 12.8 Å². The molecular formula is C12H16ClNO4S. The van der Waals surface area contributed by atoms with Gasteiger partial charge in [-0.2, -0.15) is 4.31 Å². The molecule has 0 saturated carbocycles. The largest absolute Gasteiger partial charge is 0.495 e. The van der Waals surface area contributed by atoms with Crippen LogP contribution in [0, 0.1) is 0 Å². The van der Waals surface area contributed by atoms with Gasteiger partial charge in [0.05, 0.1) is 13.2 Å². The Kier molecular flexibility index (Phi) is 4.35. The molecule has 0 spiro atoms. The van der Waals surface area contributed by atoms with Gasteiger partial charge in [0.15, 0.2) is 0 Å². The molecule has 1 N–H and O–H groups in total. The van der Waals surface area contributed by atoms with Crippen LogP contribution in [0.4, 0.5) is 0 Å². The van der Waals surface area contributed by atoms with Crippen LogP contribution in [0.25, 0.3) is 0 Å². The zero-order chi connectivity index (χ0) is 14.0. The molecule has 0 aliphatic carbocycles. The maximum Gasteiger partial charge on any atom is 0.246 e. The van der Waals surface area contributed by atoms with E-state index in [1.54, 1.807) is 0 Å². The number of ether oxygens (including phenoxy) is 1. The van der Waals surface area contributed by atoms with Gasteiger partial charge in [0.2, 0.25) is 10.0 Å². The SMILES string of the molecule is COc1cc(Cl)ccc1S(=O)(=O)N1CCCC(O)C1. The van der Waals surface area contributed by atoms with E-state index in [1.807, 2.05) is 0 Å². The first-order chi connectivity index (χ1) is 8.95. The number of methoxy groups -OCH3 is 1. The van der Waals surface area contributed by atoms with Crippen molar-refractivity contribution in [1.29, 1.82) is 0 Å². The van der Waals surface area contributed by atoms with Gasteiger partial charge in [-0.1, -0.05) is 11.6 Å². The molecule has 0 amide bonds.